The van der Waals surface area contributed by atoms with Crippen LogP contribution in [0.5, 0.6) is 0 Å². The van der Waals surface area contributed by atoms with Gasteiger partial charge in [0, 0.05) is 38.0 Å². The van der Waals surface area contributed by atoms with E-state index in [9.17, 15) is 9.59 Å². The number of hydrogen-bond donors (Lipinski definition) is 0. The van der Waals surface area contributed by atoms with E-state index in [1.165, 1.54) is 4.57 Å². The fourth-order valence-corrected chi connectivity index (χ4v) is 1.67. The van der Waals surface area contributed by atoms with Crippen LogP contribution in [0.2, 0.25) is 0 Å². The lowest BCUT2D eigenvalue weighted by molar-refractivity contribution is 0.0976. The molecule has 0 saturated carbocycles. The quantitative estimate of drug-likeness (QED) is 0.746. The number of ketones is 1. The van der Waals surface area contributed by atoms with Gasteiger partial charge in [-0.15, -0.1) is 0 Å². The van der Waals surface area contributed by atoms with Crippen LogP contribution in [0.1, 0.15) is 16.8 Å². The van der Waals surface area contributed by atoms with E-state index in [1.54, 1.807) is 36.1 Å². The van der Waals surface area contributed by atoms with E-state index in [4.69, 9.17) is 0 Å². The normalized spacial score (nSPS) is 10.4. The monoisotopic (exact) mass is 230 g/mol. The van der Waals surface area contributed by atoms with Crippen LogP contribution in [0.15, 0.2) is 47.5 Å². The van der Waals surface area contributed by atoms with Gasteiger partial charge in [-0.3, -0.25) is 9.36 Å². The molecule has 0 aliphatic carbocycles. The number of Topliss-reactive ketones (excluding diaryl/α,β-unsaturated/α-hetero) is 1. The van der Waals surface area contributed by atoms with Crippen LogP contribution in [-0.2, 0) is 13.6 Å². The van der Waals surface area contributed by atoms with Crippen LogP contribution in [0.3, 0.4) is 0 Å². The zero-order chi connectivity index (χ0) is 12.3. The largest absolute Gasteiger partial charge is 0.327 e. The van der Waals surface area contributed by atoms with E-state index in [-0.39, 0.29) is 11.5 Å². The van der Waals surface area contributed by atoms with Gasteiger partial charge in [-0.25, -0.2) is 4.79 Å². The van der Waals surface area contributed by atoms with E-state index in [0.29, 0.717) is 18.5 Å². The Labute approximate surface area is 99.1 Å². The third-order valence-electron chi connectivity index (χ3n) is 2.69. The first-order chi connectivity index (χ1) is 8.18. The molecule has 0 aliphatic heterocycles. The summed E-state index contributed by atoms with van der Waals surface area (Å²) in [6.45, 7) is 0.424. The number of aryl methyl sites for hydroxylation is 2. The number of benzene rings is 1. The molecule has 0 saturated heterocycles. The number of imidazole rings is 1. The van der Waals surface area contributed by atoms with Gasteiger partial charge >= 0.3 is 5.69 Å². The summed E-state index contributed by atoms with van der Waals surface area (Å²) in [6.07, 6.45) is 3.73. The molecule has 0 spiro atoms. The Morgan fingerprint density at radius 3 is 2.47 bits per heavy atom. The lowest BCUT2D eigenvalue weighted by Gasteiger charge is -2.01. The van der Waals surface area contributed by atoms with Gasteiger partial charge in [0.15, 0.2) is 5.78 Å². The number of nitrogens with zero attached hydrogens (tertiary/aromatic N) is 2. The van der Waals surface area contributed by atoms with E-state index >= 15 is 0 Å². The van der Waals surface area contributed by atoms with Crippen molar-refractivity contribution >= 4 is 5.78 Å². The summed E-state index contributed by atoms with van der Waals surface area (Å²) in [5.41, 5.74) is 0.599. The number of rotatable bonds is 4. The predicted octanol–water partition coefficient (Wildman–Crippen LogP) is 1.46. The van der Waals surface area contributed by atoms with Crippen molar-refractivity contribution in [2.75, 3.05) is 0 Å². The molecule has 0 unspecified atom stereocenters. The maximum Gasteiger partial charge on any atom is 0.327 e. The number of carbonyl (C=O) groups is 1. The first-order valence-corrected chi connectivity index (χ1v) is 5.48. The van der Waals surface area contributed by atoms with Crippen molar-refractivity contribution in [2.45, 2.75) is 13.0 Å². The lowest BCUT2D eigenvalue weighted by Crippen LogP contribution is -2.22. The molecule has 4 heteroatoms. The summed E-state index contributed by atoms with van der Waals surface area (Å²) in [6, 6.07) is 9.12. The van der Waals surface area contributed by atoms with E-state index < -0.39 is 0 Å². The Morgan fingerprint density at radius 1 is 1.18 bits per heavy atom. The molecule has 1 aromatic carbocycles. The highest BCUT2D eigenvalue weighted by molar-refractivity contribution is 5.95. The molecule has 4 nitrogen and oxygen atoms in total. The van der Waals surface area contributed by atoms with Gasteiger partial charge in [0.2, 0.25) is 0 Å². The Bertz CT molecular complexity index is 567. The van der Waals surface area contributed by atoms with Gasteiger partial charge in [0.25, 0.3) is 0 Å². The van der Waals surface area contributed by atoms with Crippen molar-refractivity contribution in [2.24, 2.45) is 7.05 Å². The lowest BCUT2D eigenvalue weighted by atomic mass is 10.1. The fraction of sp³-hybridized carbons (Fsp3) is 0.231. The van der Waals surface area contributed by atoms with Crippen LogP contribution in [0.25, 0.3) is 0 Å². The minimum atomic E-state index is -0.0918. The Morgan fingerprint density at radius 2 is 1.88 bits per heavy atom. The minimum Gasteiger partial charge on any atom is -0.302 e. The Balaban J connectivity index is 2.02. The highest BCUT2D eigenvalue weighted by Crippen LogP contribution is 2.03. The zero-order valence-corrected chi connectivity index (χ0v) is 9.67. The Kier molecular flexibility index (Phi) is 3.23. The number of hydrogen-bond acceptors (Lipinski definition) is 2. The second kappa shape index (κ2) is 4.82. The molecule has 17 heavy (non-hydrogen) atoms. The van der Waals surface area contributed by atoms with Crippen molar-refractivity contribution in [1.82, 2.24) is 9.13 Å². The molecule has 0 amide bonds. The average molecular weight is 230 g/mol. The first kappa shape index (κ1) is 11.4. The molecule has 1 heterocycles. The van der Waals surface area contributed by atoms with Crippen molar-refractivity contribution in [3.8, 4) is 0 Å². The summed E-state index contributed by atoms with van der Waals surface area (Å²) in [5.74, 6) is 0.0568. The maximum absolute atomic E-state index is 11.8. The fourth-order valence-electron chi connectivity index (χ4n) is 1.67. The average Bonchev–Trinajstić information content (AvgIpc) is 2.68. The highest BCUT2D eigenvalue weighted by atomic mass is 16.1. The predicted molar refractivity (Wildman–Crippen MR) is 65.1 cm³/mol. The molecule has 1 aromatic heterocycles. The second-order valence-electron chi connectivity index (χ2n) is 3.92. The number of aromatic nitrogens is 2. The molecular weight excluding hydrogens is 216 g/mol. The van der Waals surface area contributed by atoms with Crippen LogP contribution in [0.4, 0.5) is 0 Å². The van der Waals surface area contributed by atoms with Gasteiger partial charge in [0.1, 0.15) is 0 Å². The summed E-state index contributed by atoms with van der Waals surface area (Å²) in [5, 5.41) is 0. The highest BCUT2D eigenvalue weighted by Gasteiger charge is 2.06. The summed E-state index contributed by atoms with van der Waals surface area (Å²) < 4.78 is 3.04. The van der Waals surface area contributed by atoms with Crippen molar-refractivity contribution in [3.05, 3.63) is 58.8 Å². The summed E-state index contributed by atoms with van der Waals surface area (Å²) in [7, 11) is 1.69. The van der Waals surface area contributed by atoms with Crippen molar-refractivity contribution < 1.29 is 4.79 Å². The molecule has 88 valence electrons. The van der Waals surface area contributed by atoms with E-state index in [0.717, 1.165) is 0 Å². The van der Waals surface area contributed by atoms with Crippen LogP contribution in [0, 0.1) is 0 Å². The van der Waals surface area contributed by atoms with E-state index in [2.05, 4.69) is 0 Å². The van der Waals surface area contributed by atoms with Gasteiger partial charge in [-0.05, 0) is 0 Å². The third-order valence-corrected chi connectivity index (χ3v) is 2.69. The maximum atomic E-state index is 11.8. The standard InChI is InChI=1S/C13H14N2O2/c1-14-9-10-15(13(14)17)8-7-12(16)11-5-3-2-4-6-11/h2-6,9-10H,7-8H2,1H3. The topological polar surface area (TPSA) is 44.0 Å². The second-order valence-corrected chi connectivity index (χ2v) is 3.92. The van der Waals surface area contributed by atoms with Crippen LogP contribution < -0.4 is 5.69 Å². The Hall–Kier alpha value is -2.10. The molecule has 0 aliphatic rings. The SMILES string of the molecule is Cn1ccn(CCC(=O)c2ccccc2)c1=O. The molecular formula is C13H14N2O2. The molecule has 2 rings (SSSR count). The molecule has 2 aromatic rings. The number of carbonyl (C=O) groups excluding carboxylic acids is 1. The smallest absolute Gasteiger partial charge is 0.302 e. The molecule has 0 fully saturated rings. The molecule has 0 radical (unpaired) electrons. The van der Waals surface area contributed by atoms with Crippen LogP contribution in [-0.4, -0.2) is 14.9 Å². The molecule has 0 atom stereocenters. The molecule has 0 bridgehead atoms. The van der Waals surface area contributed by atoms with Gasteiger partial charge in [-0.2, -0.15) is 0 Å². The summed E-state index contributed by atoms with van der Waals surface area (Å²) >= 11 is 0. The van der Waals surface area contributed by atoms with Crippen molar-refractivity contribution in [1.29, 1.82) is 0 Å². The van der Waals surface area contributed by atoms with Gasteiger partial charge < -0.3 is 4.57 Å². The van der Waals surface area contributed by atoms with Crippen LogP contribution >= 0.6 is 0 Å². The zero-order valence-electron chi connectivity index (χ0n) is 9.67. The third kappa shape index (κ3) is 2.53. The minimum absolute atomic E-state index is 0.0568. The first-order valence-electron chi connectivity index (χ1n) is 5.48. The van der Waals surface area contributed by atoms with Crippen molar-refractivity contribution in [3.63, 3.8) is 0 Å². The summed E-state index contributed by atoms with van der Waals surface area (Å²) in [4.78, 5) is 23.3. The molecule has 0 N–H and O–H groups in total. The van der Waals surface area contributed by atoms with Gasteiger partial charge in [-0.1, -0.05) is 30.3 Å². The van der Waals surface area contributed by atoms with E-state index in [1.807, 2.05) is 18.2 Å². The van der Waals surface area contributed by atoms with Gasteiger partial charge in [0.05, 0.1) is 0 Å².